The molecule has 100 valence electrons. The summed E-state index contributed by atoms with van der Waals surface area (Å²) in [6.07, 6.45) is 1.57. The van der Waals surface area contributed by atoms with Gasteiger partial charge < -0.3 is 4.98 Å². The Kier molecular flexibility index (Phi) is 3.07. The number of aryl methyl sites for hydroxylation is 1. The number of H-pyrrole nitrogens is 1. The number of carbonyl (C=O) groups excluding carboxylic acids is 1. The van der Waals surface area contributed by atoms with E-state index in [1.54, 1.807) is 37.4 Å². The molecule has 3 aromatic rings. The lowest BCUT2D eigenvalue weighted by Gasteiger charge is -2.03. The fraction of sp³-hybridized carbons (Fsp3) is 0.0625. The van der Waals surface area contributed by atoms with Crippen LogP contribution in [0.5, 0.6) is 0 Å². The van der Waals surface area contributed by atoms with Crippen molar-refractivity contribution in [2.45, 2.75) is 6.92 Å². The number of para-hydroxylation sites is 1. The Balaban J connectivity index is 2.16. The molecule has 0 aliphatic carbocycles. The summed E-state index contributed by atoms with van der Waals surface area (Å²) in [6, 6.07) is 9.88. The molecule has 0 spiro atoms. The summed E-state index contributed by atoms with van der Waals surface area (Å²) in [5, 5.41) is 1.23. The molecule has 0 fully saturated rings. The molecule has 0 atom stereocenters. The first-order valence-corrected chi connectivity index (χ1v) is 6.52. The number of nitrogens with one attached hydrogen (secondary N) is 1. The zero-order chi connectivity index (χ0) is 14.3. The number of carbonyl (C=O) groups is 1. The van der Waals surface area contributed by atoms with Crippen molar-refractivity contribution in [1.82, 2.24) is 4.98 Å². The number of hydrogen-bond acceptors (Lipinski definition) is 1. The molecule has 2 aromatic carbocycles. The van der Waals surface area contributed by atoms with E-state index in [1.807, 2.05) is 0 Å². The number of fused-ring (bicyclic) bond motifs is 1. The van der Waals surface area contributed by atoms with Gasteiger partial charge in [-0.15, -0.1) is 0 Å². The summed E-state index contributed by atoms with van der Waals surface area (Å²) in [6.45, 7) is 1.78. The average Bonchev–Trinajstić information content (AvgIpc) is 2.83. The van der Waals surface area contributed by atoms with Gasteiger partial charge in [0.15, 0.2) is 5.78 Å². The molecule has 0 aliphatic heterocycles. The average molecular weight is 288 g/mol. The van der Waals surface area contributed by atoms with Crippen LogP contribution in [0, 0.1) is 12.7 Å². The molecule has 0 aliphatic rings. The highest BCUT2D eigenvalue weighted by molar-refractivity contribution is 6.35. The maximum Gasteiger partial charge on any atom is 0.198 e. The van der Waals surface area contributed by atoms with Crippen molar-refractivity contribution < 1.29 is 9.18 Å². The van der Waals surface area contributed by atoms with Crippen molar-refractivity contribution in [1.29, 1.82) is 0 Å². The molecule has 2 nitrogen and oxygen atoms in total. The van der Waals surface area contributed by atoms with Crippen LogP contribution in [-0.2, 0) is 0 Å². The Morgan fingerprint density at radius 1 is 1.20 bits per heavy atom. The lowest BCUT2D eigenvalue weighted by atomic mass is 10.0. The second kappa shape index (κ2) is 4.76. The number of halogens is 2. The van der Waals surface area contributed by atoms with Gasteiger partial charge in [-0.3, -0.25) is 4.79 Å². The predicted octanol–water partition coefficient (Wildman–Crippen LogP) is 4.50. The summed E-state index contributed by atoms with van der Waals surface area (Å²) < 4.78 is 13.9. The zero-order valence-electron chi connectivity index (χ0n) is 10.7. The van der Waals surface area contributed by atoms with Gasteiger partial charge in [0, 0.05) is 17.1 Å². The third-order valence-electron chi connectivity index (χ3n) is 3.28. The summed E-state index contributed by atoms with van der Waals surface area (Å²) in [7, 11) is 0. The minimum absolute atomic E-state index is 0.0662. The van der Waals surface area contributed by atoms with Gasteiger partial charge >= 0.3 is 0 Å². The lowest BCUT2D eigenvalue weighted by molar-refractivity contribution is 0.103. The van der Waals surface area contributed by atoms with E-state index in [4.69, 9.17) is 11.6 Å². The second-order valence-electron chi connectivity index (χ2n) is 4.68. The molecule has 0 radical (unpaired) electrons. The number of hydrogen-bond donors (Lipinski definition) is 1. The molecule has 0 amide bonds. The number of benzene rings is 2. The van der Waals surface area contributed by atoms with Gasteiger partial charge in [0.05, 0.1) is 16.1 Å². The third-order valence-corrected chi connectivity index (χ3v) is 3.59. The summed E-state index contributed by atoms with van der Waals surface area (Å²) in [4.78, 5) is 15.4. The van der Waals surface area contributed by atoms with Gasteiger partial charge in [-0.1, -0.05) is 29.8 Å². The van der Waals surface area contributed by atoms with E-state index in [0.717, 1.165) is 5.56 Å². The Morgan fingerprint density at radius 2 is 2.00 bits per heavy atom. The molecule has 4 heteroatoms. The SMILES string of the molecule is Cc1ccc(C(=O)c2c[nH]c3c(Cl)cccc23)c(F)c1. The molecular weight excluding hydrogens is 277 g/mol. The van der Waals surface area contributed by atoms with Gasteiger partial charge in [0.1, 0.15) is 5.82 Å². The van der Waals surface area contributed by atoms with E-state index in [1.165, 1.54) is 12.1 Å². The van der Waals surface area contributed by atoms with Crippen molar-refractivity contribution in [2.75, 3.05) is 0 Å². The largest absolute Gasteiger partial charge is 0.359 e. The number of rotatable bonds is 2. The second-order valence-corrected chi connectivity index (χ2v) is 5.08. The van der Waals surface area contributed by atoms with Crippen molar-refractivity contribution in [3.8, 4) is 0 Å². The van der Waals surface area contributed by atoms with Gasteiger partial charge in [0.25, 0.3) is 0 Å². The third kappa shape index (κ3) is 2.00. The standard InChI is InChI=1S/C16H11ClFNO/c1-9-5-6-11(14(18)7-9)16(20)12-8-19-15-10(12)3-2-4-13(15)17/h2-8,19H,1H3. The van der Waals surface area contributed by atoms with E-state index in [9.17, 15) is 9.18 Å². The van der Waals surface area contributed by atoms with E-state index in [0.29, 0.717) is 21.5 Å². The van der Waals surface area contributed by atoms with Crippen LogP contribution in [0.2, 0.25) is 5.02 Å². The molecule has 1 aromatic heterocycles. The van der Waals surface area contributed by atoms with Crippen molar-refractivity contribution in [3.63, 3.8) is 0 Å². The number of ketones is 1. The normalized spacial score (nSPS) is 10.9. The molecule has 0 unspecified atom stereocenters. The lowest BCUT2D eigenvalue weighted by Crippen LogP contribution is -2.03. The molecule has 0 bridgehead atoms. The minimum Gasteiger partial charge on any atom is -0.359 e. The summed E-state index contributed by atoms with van der Waals surface area (Å²) in [5.41, 5.74) is 1.95. The molecule has 1 N–H and O–H groups in total. The van der Waals surface area contributed by atoms with Gasteiger partial charge in [-0.05, 0) is 30.7 Å². The molecule has 3 rings (SSSR count). The summed E-state index contributed by atoms with van der Waals surface area (Å²) in [5.74, 6) is -0.859. The van der Waals surface area contributed by atoms with E-state index < -0.39 is 5.82 Å². The van der Waals surface area contributed by atoms with Crippen LogP contribution in [0.25, 0.3) is 10.9 Å². The minimum atomic E-state index is -0.508. The molecule has 1 heterocycles. The van der Waals surface area contributed by atoms with Gasteiger partial charge in [0.2, 0.25) is 0 Å². The maximum atomic E-state index is 13.9. The van der Waals surface area contributed by atoms with Crippen molar-refractivity contribution in [2.24, 2.45) is 0 Å². The summed E-state index contributed by atoms with van der Waals surface area (Å²) >= 11 is 6.06. The van der Waals surface area contributed by atoms with Crippen molar-refractivity contribution in [3.05, 3.63) is 70.1 Å². The fourth-order valence-corrected chi connectivity index (χ4v) is 2.48. The Hall–Kier alpha value is -2.13. The first-order chi connectivity index (χ1) is 9.58. The van der Waals surface area contributed by atoms with Crippen LogP contribution in [0.3, 0.4) is 0 Å². The molecule has 0 saturated heterocycles. The fourth-order valence-electron chi connectivity index (χ4n) is 2.25. The van der Waals surface area contributed by atoms with Crippen LogP contribution in [-0.4, -0.2) is 10.8 Å². The van der Waals surface area contributed by atoms with E-state index in [-0.39, 0.29) is 11.3 Å². The highest BCUT2D eigenvalue weighted by Crippen LogP contribution is 2.27. The monoisotopic (exact) mass is 287 g/mol. The highest BCUT2D eigenvalue weighted by atomic mass is 35.5. The van der Waals surface area contributed by atoms with Crippen LogP contribution < -0.4 is 0 Å². The zero-order valence-corrected chi connectivity index (χ0v) is 11.5. The van der Waals surface area contributed by atoms with Gasteiger partial charge in [-0.2, -0.15) is 0 Å². The van der Waals surface area contributed by atoms with Crippen LogP contribution in [0.4, 0.5) is 4.39 Å². The number of aromatic amines is 1. The molecule has 0 saturated carbocycles. The first kappa shape index (κ1) is 12.9. The van der Waals surface area contributed by atoms with Crippen LogP contribution >= 0.6 is 11.6 Å². The number of aromatic nitrogens is 1. The highest BCUT2D eigenvalue weighted by Gasteiger charge is 2.18. The molecule has 20 heavy (non-hydrogen) atoms. The Morgan fingerprint density at radius 3 is 2.75 bits per heavy atom. The van der Waals surface area contributed by atoms with Crippen LogP contribution in [0.15, 0.2) is 42.6 Å². The quantitative estimate of drug-likeness (QED) is 0.692. The maximum absolute atomic E-state index is 13.9. The van der Waals surface area contributed by atoms with Gasteiger partial charge in [-0.25, -0.2) is 4.39 Å². The topological polar surface area (TPSA) is 32.9 Å². The molecular formula is C16H11ClFNO. The smallest absolute Gasteiger partial charge is 0.198 e. The van der Waals surface area contributed by atoms with Crippen molar-refractivity contribution >= 4 is 28.3 Å². The van der Waals surface area contributed by atoms with E-state index >= 15 is 0 Å². The Bertz CT molecular complexity index is 822. The first-order valence-electron chi connectivity index (χ1n) is 6.14. The predicted molar refractivity (Wildman–Crippen MR) is 77.9 cm³/mol. The van der Waals surface area contributed by atoms with Crippen LogP contribution in [0.1, 0.15) is 21.5 Å². The Labute approximate surface area is 120 Å². The van der Waals surface area contributed by atoms with E-state index in [2.05, 4.69) is 4.98 Å².